The number of carbonyl (C=O) groups excluding carboxylic acids is 1. The molecule has 11 heteroatoms. The van der Waals surface area contributed by atoms with Gasteiger partial charge >= 0.3 is 11.5 Å². The van der Waals surface area contributed by atoms with Crippen molar-refractivity contribution in [3.63, 3.8) is 0 Å². The fourth-order valence-electron chi connectivity index (χ4n) is 3.14. The molecule has 0 unspecified atom stereocenters. The largest absolute Gasteiger partial charge is 0.741 e. The molecule has 0 amide bonds. The van der Waals surface area contributed by atoms with Gasteiger partial charge in [0.1, 0.15) is 27.8 Å². The van der Waals surface area contributed by atoms with Gasteiger partial charge in [0.15, 0.2) is 24.8 Å². The lowest BCUT2D eigenvalue weighted by Crippen LogP contribution is -2.24. The van der Waals surface area contributed by atoms with E-state index in [0.717, 1.165) is 20.2 Å². The molecular formula is C26H27F3O6S2. The molecule has 0 atom stereocenters. The average Bonchev–Trinajstić information content (AvgIpc) is 2.80. The number of hydrogen-bond donors (Lipinski definition) is 0. The third kappa shape index (κ3) is 8.24. The highest BCUT2D eigenvalue weighted by Crippen LogP contribution is 2.38. The van der Waals surface area contributed by atoms with Gasteiger partial charge in [-0.05, 0) is 64.1 Å². The van der Waals surface area contributed by atoms with Gasteiger partial charge in [0.2, 0.25) is 0 Å². The van der Waals surface area contributed by atoms with E-state index in [0.29, 0.717) is 11.3 Å². The zero-order chi connectivity index (χ0) is 28.0. The number of carbonyl (C=O) groups is 1. The lowest BCUT2D eigenvalue weighted by atomic mass is 10.1. The topological polar surface area (TPSA) is 92.7 Å². The van der Waals surface area contributed by atoms with Crippen LogP contribution in [-0.4, -0.2) is 37.2 Å². The molecule has 0 saturated carbocycles. The Balaban J connectivity index is 0.000000521. The molecule has 0 aliphatic carbocycles. The van der Waals surface area contributed by atoms with E-state index >= 15 is 0 Å². The first-order chi connectivity index (χ1) is 17.1. The first-order valence-corrected chi connectivity index (χ1v) is 13.5. The second kappa shape index (κ2) is 12.0. The molecule has 0 bridgehead atoms. The summed E-state index contributed by atoms with van der Waals surface area (Å²) in [6.45, 7) is 7.92. The molecule has 0 aromatic heterocycles. The fraction of sp³-hybridized carbons (Fsp3) is 0.269. The standard InChI is InChI=1S/C25H27O3S.CHF3O3S/c1-18-21(28-25(2,3)4)16-17-22(23(18)24(26)27-5)29(19-12-8-6-9-13-19)20-14-10-7-11-15-20;2-1(3,4)8(5,6)7/h6-17H,1-5H3;(H,5,6,7)/q+1;/p-1. The molecule has 0 heterocycles. The van der Waals surface area contributed by atoms with Crippen LogP contribution in [0.15, 0.2) is 87.5 Å². The van der Waals surface area contributed by atoms with Crippen molar-refractivity contribution in [2.75, 3.05) is 7.11 Å². The summed E-state index contributed by atoms with van der Waals surface area (Å²) in [6.07, 6.45) is 0. The Labute approximate surface area is 217 Å². The van der Waals surface area contributed by atoms with E-state index in [9.17, 15) is 18.0 Å². The predicted octanol–water partition coefficient (Wildman–Crippen LogP) is 6.11. The number of benzene rings is 3. The highest BCUT2D eigenvalue weighted by Gasteiger charge is 2.37. The van der Waals surface area contributed by atoms with Crippen molar-refractivity contribution < 1.29 is 40.4 Å². The minimum Gasteiger partial charge on any atom is -0.741 e. The van der Waals surface area contributed by atoms with Crippen molar-refractivity contribution in [2.45, 2.75) is 53.5 Å². The number of esters is 1. The number of ether oxygens (including phenoxy) is 2. The summed E-state index contributed by atoms with van der Waals surface area (Å²) in [5, 5.41) is 0. The van der Waals surface area contributed by atoms with Crippen molar-refractivity contribution in [1.29, 1.82) is 0 Å². The smallest absolute Gasteiger partial charge is 0.485 e. The Morgan fingerprint density at radius 3 is 1.65 bits per heavy atom. The summed E-state index contributed by atoms with van der Waals surface area (Å²) in [5.41, 5.74) is -4.63. The summed E-state index contributed by atoms with van der Waals surface area (Å²) in [4.78, 5) is 16.1. The zero-order valence-corrected chi connectivity index (χ0v) is 22.5. The van der Waals surface area contributed by atoms with Crippen LogP contribution in [0.25, 0.3) is 0 Å². The lowest BCUT2D eigenvalue weighted by Gasteiger charge is -2.24. The van der Waals surface area contributed by atoms with Crippen LogP contribution in [0.2, 0.25) is 0 Å². The summed E-state index contributed by atoms with van der Waals surface area (Å²) in [7, 11) is -5.11. The normalized spacial score (nSPS) is 11.9. The van der Waals surface area contributed by atoms with Crippen LogP contribution in [0.4, 0.5) is 13.2 Å². The zero-order valence-electron chi connectivity index (χ0n) is 20.8. The average molecular weight is 557 g/mol. The predicted molar refractivity (Wildman–Crippen MR) is 134 cm³/mol. The summed E-state index contributed by atoms with van der Waals surface area (Å²) >= 11 is 0. The molecule has 0 fully saturated rings. The second-order valence-electron chi connectivity index (χ2n) is 8.60. The lowest BCUT2D eigenvalue weighted by molar-refractivity contribution is -0.0517. The van der Waals surface area contributed by atoms with Gasteiger partial charge in [-0.25, -0.2) is 13.2 Å². The SMILES string of the molecule is COC(=O)c1c([S+](c2ccccc2)c2ccccc2)ccc(OC(C)(C)C)c1C.O=S(=O)([O-])C(F)(F)F. The fourth-order valence-corrected chi connectivity index (χ4v) is 5.42. The van der Waals surface area contributed by atoms with Crippen molar-refractivity contribution in [3.05, 3.63) is 83.9 Å². The molecule has 0 aliphatic rings. The van der Waals surface area contributed by atoms with Crippen LogP contribution >= 0.6 is 0 Å². The van der Waals surface area contributed by atoms with Crippen LogP contribution in [0.1, 0.15) is 36.7 Å². The van der Waals surface area contributed by atoms with Crippen LogP contribution in [0.5, 0.6) is 5.75 Å². The van der Waals surface area contributed by atoms with Gasteiger partial charge in [0.25, 0.3) is 0 Å². The molecule has 37 heavy (non-hydrogen) atoms. The Morgan fingerprint density at radius 1 is 0.865 bits per heavy atom. The van der Waals surface area contributed by atoms with Crippen LogP contribution in [0.3, 0.4) is 0 Å². The highest BCUT2D eigenvalue weighted by atomic mass is 32.2. The van der Waals surface area contributed by atoms with Gasteiger partial charge in [-0.2, -0.15) is 13.2 Å². The van der Waals surface area contributed by atoms with E-state index in [-0.39, 0.29) is 11.6 Å². The van der Waals surface area contributed by atoms with Gasteiger partial charge in [0, 0.05) is 5.56 Å². The second-order valence-corrected chi connectivity index (χ2v) is 12.0. The minimum atomic E-state index is -6.09. The minimum absolute atomic E-state index is 0.346. The van der Waals surface area contributed by atoms with Crippen LogP contribution in [0, 0.1) is 6.92 Å². The first-order valence-electron chi connectivity index (χ1n) is 10.8. The Hall–Kier alpha value is -3.02. The maximum atomic E-state index is 12.9. The van der Waals surface area contributed by atoms with Gasteiger partial charge in [-0.3, -0.25) is 0 Å². The van der Waals surface area contributed by atoms with Gasteiger partial charge in [-0.15, -0.1) is 0 Å². The molecule has 3 aromatic carbocycles. The van der Waals surface area contributed by atoms with Gasteiger partial charge in [-0.1, -0.05) is 36.4 Å². The number of methoxy groups -OCH3 is 1. The van der Waals surface area contributed by atoms with Gasteiger partial charge in [0.05, 0.1) is 7.11 Å². The third-order valence-electron chi connectivity index (χ3n) is 4.64. The first kappa shape index (κ1) is 30.2. The van der Waals surface area contributed by atoms with Crippen LogP contribution in [-0.2, 0) is 25.7 Å². The van der Waals surface area contributed by atoms with E-state index in [2.05, 4.69) is 24.3 Å². The molecule has 0 N–H and O–H groups in total. The van der Waals surface area contributed by atoms with Gasteiger partial charge < -0.3 is 14.0 Å². The number of alkyl halides is 3. The third-order valence-corrected chi connectivity index (χ3v) is 7.48. The van der Waals surface area contributed by atoms with Crippen molar-refractivity contribution in [1.82, 2.24) is 0 Å². The molecule has 3 rings (SSSR count). The number of halogens is 3. The number of rotatable bonds is 5. The Bertz CT molecular complexity index is 1260. The van der Waals surface area contributed by atoms with E-state index in [1.807, 2.05) is 76.2 Å². The molecule has 0 spiro atoms. The van der Waals surface area contributed by atoms with E-state index in [1.165, 1.54) is 7.11 Å². The maximum Gasteiger partial charge on any atom is 0.485 e. The quantitative estimate of drug-likeness (QED) is 0.163. The Kier molecular flexibility index (Phi) is 9.81. The molecular weight excluding hydrogens is 529 g/mol. The molecule has 3 aromatic rings. The van der Waals surface area contributed by atoms with Crippen molar-refractivity contribution >= 4 is 27.0 Å². The van der Waals surface area contributed by atoms with E-state index < -0.39 is 26.5 Å². The molecule has 0 radical (unpaired) electrons. The highest BCUT2D eigenvalue weighted by molar-refractivity contribution is 7.97. The summed E-state index contributed by atoms with van der Waals surface area (Å²) in [6, 6.07) is 24.5. The molecule has 200 valence electrons. The van der Waals surface area contributed by atoms with Crippen LogP contribution < -0.4 is 4.74 Å². The summed E-state index contributed by atoms with van der Waals surface area (Å²) < 4.78 is 70.2. The van der Waals surface area contributed by atoms with Crippen molar-refractivity contribution in [3.8, 4) is 5.75 Å². The van der Waals surface area contributed by atoms with Crippen molar-refractivity contribution in [2.24, 2.45) is 0 Å². The molecule has 0 saturated heterocycles. The molecule has 6 nitrogen and oxygen atoms in total. The number of hydrogen-bond acceptors (Lipinski definition) is 6. The monoisotopic (exact) mass is 556 g/mol. The Morgan fingerprint density at radius 2 is 1.30 bits per heavy atom. The van der Waals surface area contributed by atoms with E-state index in [4.69, 9.17) is 22.4 Å². The maximum absolute atomic E-state index is 12.9. The summed E-state index contributed by atoms with van der Waals surface area (Å²) in [5.74, 6) is 0.354. The van der Waals surface area contributed by atoms with E-state index in [1.54, 1.807) is 0 Å². The molecule has 0 aliphatic heterocycles.